The van der Waals surface area contributed by atoms with Crippen LogP contribution in [0.4, 0.5) is 11.4 Å². The van der Waals surface area contributed by atoms with Crippen LogP contribution in [0.15, 0.2) is 41.4 Å². The number of hydrogen-bond acceptors (Lipinski definition) is 5. The molecule has 1 aliphatic heterocycles. The van der Waals surface area contributed by atoms with E-state index in [0.717, 1.165) is 23.4 Å². The molecule has 1 aromatic heterocycles. The molecule has 0 aliphatic carbocycles. The summed E-state index contributed by atoms with van der Waals surface area (Å²) >= 11 is 7.78. The Hall–Kier alpha value is -2.38. The third-order valence-electron chi connectivity index (χ3n) is 4.14. The lowest BCUT2D eigenvalue weighted by molar-refractivity contribution is -0.384. The highest BCUT2D eigenvalue weighted by molar-refractivity contribution is 7.10. The first-order chi connectivity index (χ1) is 12.4. The van der Waals surface area contributed by atoms with E-state index in [2.05, 4.69) is 6.20 Å². The zero-order valence-electron chi connectivity index (χ0n) is 14.4. The van der Waals surface area contributed by atoms with Crippen molar-refractivity contribution in [3.05, 3.63) is 67.0 Å². The zero-order valence-corrected chi connectivity index (χ0v) is 16.0. The number of carbonyl (C=O) groups is 1. The van der Waals surface area contributed by atoms with Gasteiger partial charge in [-0.3, -0.25) is 14.9 Å². The number of nitro groups is 1. The van der Waals surface area contributed by atoms with Gasteiger partial charge in [0.15, 0.2) is 0 Å². The summed E-state index contributed by atoms with van der Waals surface area (Å²) < 4.78 is 0. The Kier molecular flexibility index (Phi) is 5.29. The highest BCUT2D eigenvalue weighted by Gasteiger charge is 2.26. The minimum Gasteiger partial charge on any atom is -0.384 e. The molecule has 1 amide bonds. The molecule has 2 aromatic rings. The van der Waals surface area contributed by atoms with Crippen molar-refractivity contribution in [3.63, 3.8) is 0 Å². The summed E-state index contributed by atoms with van der Waals surface area (Å²) in [6.45, 7) is 0.537. The van der Waals surface area contributed by atoms with Crippen molar-refractivity contribution in [2.24, 2.45) is 0 Å². The Morgan fingerprint density at radius 2 is 2.15 bits per heavy atom. The predicted molar refractivity (Wildman–Crippen MR) is 104 cm³/mol. The van der Waals surface area contributed by atoms with Gasteiger partial charge < -0.3 is 9.80 Å². The van der Waals surface area contributed by atoms with Gasteiger partial charge in [0.25, 0.3) is 11.6 Å². The number of non-ortho nitro benzene ring substituents is 1. The quantitative estimate of drug-likeness (QED) is 0.576. The number of hydrogen-bond donors (Lipinski definition) is 0. The maximum Gasteiger partial charge on any atom is 0.270 e. The molecular weight excluding hydrogens is 374 g/mol. The fourth-order valence-electron chi connectivity index (χ4n) is 3.00. The van der Waals surface area contributed by atoms with E-state index >= 15 is 0 Å². The number of nitro benzene ring substituents is 1. The van der Waals surface area contributed by atoms with Gasteiger partial charge in [-0.05, 0) is 35.7 Å². The fraction of sp³-hybridized carbons (Fsp3) is 0.278. The number of halogens is 1. The molecule has 3 rings (SSSR count). The highest BCUT2D eigenvalue weighted by Crippen LogP contribution is 2.35. The SMILES string of the molecule is CN(C)C=C1CCN(C(=O)c2ccc([N+](=O)[O-])cc2Cl)c2ccsc2C1. The number of thiophene rings is 1. The summed E-state index contributed by atoms with van der Waals surface area (Å²) in [4.78, 5) is 28.3. The van der Waals surface area contributed by atoms with E-state index in [1.54, 1.807) is 16.2 Å². The van der Waals surface area contributed by atoms with Crippen LogP contribution in [0, 0.1) is 10.1 Å². The second-order valence-electron chi connectivity index (χ2n) is 6.28. The Bertz CT molecular complexity index is 892. The van der Waals surface area contributed by atoms with Crippen LogP contribution in [0.1, 0.15) is 21.7 Å². The minimum atomic E-state index is -0.526. The summed E-state index contributed by atoms with van der Waals surface area (Å²) in [6, 6.07) is 5.90. The van der Waals surface area contributed by atoms with Gasteiger partial charge >= 0.3 is 0 Å². The maximum absolute atomic E-state index is 13.1. The van der Waals surface area contributed by atoms with E-state index in [4.69, 9.17) is 11.6 Å². The van der Waals surface area contributed by atoms with Crippen LogP contribution in [0.25, 0.3) is 0 Å². The molecule has 0 unspecified atom stereocenters. The fourth-order valence-corrected chi connectivity index (χ4v) is 4.18. The van der Waals surface area contributed by atoms with Gasteiger partial charge in [0, 0.05) is 44.1 Å². The average Bonchev–Trinajstić information content (AvgIpc) is 2.95. The molecule has 8 heteroatoms. The molecule has 6 nitrogen and oxygen atoms in total. The van der Waals surface area contributed by atoms with Crippen molar-refractivity contribution >= 4 is 40.2 Å². The zero-order chi connectivity index (χ0) is 18.8. The monoisotopic (exact) mass is 391 g/mol. The summed E-state index contributed by atoms with van der Waals surface area (Å²) in [6.07, 6.45) is 3.66. The number of amides is 1. The number of benzene rings is 1. The second kappa shape index (κ2) is 7.47. The normalized spacial score (nSPS) is 15.5. The number of fused-ring (bicyclic) bond motifs is 1. The molecule has 1 aromatic carbocycles. The standard InChI is InChI=1S/C18H18ClN3O3S/c1-20(2)11-12-5-7-21(16-6-8-26-17(16)9-12)18(23)14-4-3-13(22(24)25)10-15(14)19/h3-4,6,8,10-11H,5,7,9H2,1-2H3. The van der Waals surface area contributed by atoms with E-state index in [9.17, 15) is 14.9 Å². The smallest absolute Gasteiger partial charge is 0.270 e. The largest absolute Gasteiger partial charge is 0.384 e. The molecule has 0 bridgehead atoms. The Labute approximate surface area is 160 Å². The Balaban J connectivity index is 1.94. The Morgan fingerprint density at radius 1 is 1.38 bits per heavy atom. The predicted octanol–water partition coefficient (Wildman–Crippen LogP) is 4.35. The molecule has 0 radical (unpaired) electrons. The molecule has 0 spiro atoms. The van der Waals surface area contributed by atoms with Crippen LogP contribution in [-0.2, 0) is 6.42 Å². The molecular formula is C18H18ClN3O3S. The summed E-state index contributed by atoms with van der Waals surface area (Å²) in [5.74, 6) is -0.240. The molecule has 2 heterocycles. The summed E-state index contributed by atoms with van der Waals surface area (Å²) in [5.41, 5.74) is 2.28. The summed E-state index contributed by atoms with van der Waals surface area (Å²) in [5, 5.41) is 12.9. The number of nitrogens with zero attached hydrogens (tertiary/aromatic N) is 3. The first-order valence-corrected chi connectivity index (χ1v) is 9.30. The second-order valence-corrected chi connectivity index (χ2v) is 7.69. The van der Waals surface area contributed by atoms with E-state index in [1.165, 1.54) is 23.8 Å². The van der Waals surface area contributed by atoms with Gasteiger partial charge in [-0.25, -0.2) is 0 Å². The summed E-state index contributed by atoms with van der Waals surface area (Å²) in [7, 11) is 3.96. The van der Waals surface area contributed by atoms with Crippen LogP contribution in [0.3, 0.4) is 0 Å². The average molecular weight is 392 g/mol. The van der Waals surface area contributed by atoms with E-state index in [-0.39, 0.29) is 22.2 Å². The molecule has 0 fully saturated rings. The maximum atomic E-state index is 13.1. The molecule has 0 N–H and O–H groups in total. The van der Waals surface area contributed by atoms with E-state index < -0.39 is 4.92 Å². The molecule has 136 valence electrons. The van der Waals surface area contributed by atoms with Crippen LogP contribution in [0.2, 0.25) is 5.02 Å². The lowest BCUT2D eigenvalue weighted by Crippen LogP contribution is -2.31. The van der Waals surface area contributed by atoms with E-state index in [1.807, 2.05) is 30.4 Å². The number of rotatable bonds is 3. The van der Waals surface area contributed by atoms with Gasteiger partial charge in [-0.1, -0.05) is 11.6 Å². The third-order valence-corrected chi connectivity index (χ3v) is 5.36. The Morgan fingerprint density at radius 3 is 2.81 bits per heavy atom. The van der Waals surface area contributed by atoms with Crippen molar-refractivity contribution in [3.8, 4) is 0 Å². The van der Waals surface area contributed by atoms with Gasteiger partial charge in [-0.15, -0.1) is 11.3 Å². The topological polar surface area (TPSA) is 66.7 Å². The number of carbonyl (C=O) groups excluding carboxylic acids is 1. The molecule has 0 saturated carbocycles. The first-order valence-electron chi connectivity index (χ1n) is 8.05. The molecule has 0 atom stereocenters. The van der Waals surface area contributed by atoms with Gasteiger partial charge in [0.2, 0.25) is 0 Å². The lowest BCUT2D eigenvalue weighted by Gasteiger charge is -2.21. The van der Waals surface area contributed by atoms with Crippen molar-refractivity contribution in [1.29, 1.82) is 0 Å². The van der Waals surface area contributed by atoms with E-state index in [0.29, 0.717) is 6.54 Å². The van der Waals surface area contributed by atoms with Gasteiger partial charge in [0.05, 0.1) is 21.2 Å². The van der Waals surface area contributed by atoms with Crippen LogP contribution >= 0.6 is 22.9 Å². The van der Waals surface area contributed by atoms with Crippen molar-refractivity contribution in [1.82, 2.24) is 4.90 Å². The highest BCUT2D eigenvalue weighted by atomic mass is 35.5. The van der Waals surface area contributed by atoms with Crippen molar-refractivity contribution in [2.75, 3.05) is 25.5 Å². The molecule has 26 heavy (non-hydrogen) atoms. The number of anilines is 1. The lowest BCUT2D eigenvalue weighted by atomic mass is 10.1. The third kappa shape index (κ3) is 3.73. The first kappa shape index (κ1) is 18.4. The minimum absolute atomic E-state index is 0.0919. The molecule has 1 aliphatic rings. The van der Waals surface area contributed by atoms with Gasteiger partial charge in [-0.2, -0.15) is 0 Å². The van der Waals surface area contributed by atoms with Crippen LogP contribution < -0.4 is 4.90 Å². The van der Waals surface area contributed by atoms with Crippen molar-refractivity contribution in [2.45, 2.75) is 12.8 Å². The van der Waals surface area contributed by atoms with Crippen molar-refractivity contribution < 1.29 is 9.72 Å². The van der Waals surface area contributed by atoms with Crippen LogP contribution in [0.5, 0.6) is 0 Å². The van der Waals surface area contributed by atoms with Crippen LogP contribution in [-0.4, -0.2) is 36.4 Å². The molecule has 0 saturated heterocycles. The van der Waals surface area contributed by atoms with Gasteiger partial charge in [0.1, 0.15) is 0 Å².